The van der Waals surface area contributed by atoms with Gasteiger partial charge in [0, 0.05) is 6.42 Å². The Morgan fingerprint density at radius 2 is 2.18 bits per heavy atom. The second-order valence-corrected chi connectivity index (χ2v) is 4.08. The molecule has 0 fully saturated rings. The Bertz CT molecular complexity index is 485. The molecule has 0 aromatic heterocycles. The minimum Gasteiger partial charge on any atom is -1.00 e. The van der Waals surface area contributed by atoms with Gasteiger partial charge in [0.1, 0.15) is 13.6 Å². The van der Waals surface area contributed by atoms with E-state index in [0.717, 1.165) is 35.8 Å². The van der Waals surface area contributed by atoms with E-state index in [1.807, 2.05) is 0 Å². The Morgan fingerprint density at radius 1 is 1.35 bits per heavy atom. The highest BCUT2D eigenvalue weighted by atomic mass is 79.9. The lowest BCUT2D eigenvalue weighted by Gasteiger charge is -2.15. The maximum absolute atomic E-state index is 5.44. The van der Waals surface area contributed by atoms with Crippen LogP contribution in [0.25, 0.3) is 0 Å². The van der Waals surface area contributed by atoms with Gasteiger partial charge in [0.15, 0.2) is 17.7 Å². The summed E-state index contributed by atoms with van der Waals surface area (Å²) in [6, 6.07) is 2.06. The van der Waals surface area contributed by atoms with Crippen molar-refractivity contribution in [2.24, 2.45) is 0 Å². The van der Waals surface area contributed by atoms with Gasteiger partial charge in [-0.25, -0.2) is 4.58 Å². The number of hydrogen-bond acceptors (Lipinski definition) is 3. The molecule has 0 N–H and O–H groups in total. The van der Waals surface area contributed by atoms with Crippen LogP contribution < -0.4 is 31.2 Å². The Balaban J connectivity index is 0.00000108. The van der Waals surface area contributed by atoms with Crippen LogP contribution in [0.15, 0.2) is 6.07 Å². The molecule has 0 atom stereocenters. The van der Waals surface area contributed by atoms with E-state index in [4.69, 9.17) is 14.2 Å². The Labute approximate surface area is 111 Å². The molecule has 92 valence electrons. The molecule has 0 bridgehead atoms. The molecule has 2 aliphatic heterocycles. The minimum absolute atomic E-state index is 0. The first-order valence-electron chi connectivity index (χ1n) is 5.34. The van der Waals surface area contributed by atoms with E-state index in [1.165, 1.54) is 5.56 Å². The summed E-state index contributed by atoms with van der Waals surface area (Å²) in [5, 5.41) is 0. The standard InChI is InChI=1S/C12H14NO3.BrH/c1-13-4-3-8-5-10-12(16-7-15-10)11(14-2)9(8)6-13;/h5-6H,3-4,7H2,1-2H3;1H/q+1;/p-1. The highest BCUT2D eigenvalue weighted by Gasteiger charge is 2.27. The molecule has 0 saturated heterocycles. The lowest BCUT2D eigenvalue weighted by molar-refractivity contribution is -0.493. The fourth-order valence-corrected chi connectivity index (χ4v) is 2.21. The zero-order valence-electron chi connectivity index (χ0n) is 9.83. The number of halogens is 1. The highest BCUT2D eigenvalue weighted by molar-refractivity contribution is 5.86. The molecule has 2 heterocycles. The third-order valence-electron chi connectivity index (χ3n) is 3.03. The van der Waals surface area contributed by atoms with Gasteiger partial charge in [0.25, 0.3) is 0 Å². The number of likely N-dealkylation sites (N-methyl/N-ethyl adjacent to an activating group) is 1. The van der Waals surface area contributed by atoms with Gasteiger partial charge in [0.2, 0.25) is 12.5 Å². The molecule has 5 heteroatoms. The fraction of sp³-hybridized carbons (Fsp3) is 0.417. The summed E-state index contributed by atoms with van der Waals surface area (Å²) in [6.07, 6.45) is 3.11. The van der Waals surface area contributed by atoms with Crippen LogP contribution in [0.2, 0.25) is 0 Å². The normalized spacial score (nSPS) is 15.8. The molecule has 0 aliphatic carbocycles. The van der Waals surface area contributed by atoms with Crippen LogP contribution >= 0.6 is 0 Å². The number of fused-ring (bicyclic) bond motifs is 2. The van der Waals surface area contributed by atoms with Gasteiger partial charge in [-0.2, -0.15) is 0 Å². The SMILES string of the molecule is COc1c2c(cc3c1OCO3)CC[N+](C)=C2.[Br-]. The average molecular weight is 300 g/mol. The second kappa shape index (κ2) is 4.56. The summed E-state index contributed by atoms with van der Waals surface area (Å²) in [6.45, 7) is 1.31. The van der Waals surface area contributed by atoms with E-state index in [9.17, 15) is 0 Å². The van der Waals surface area contributed by atoms with Crippen LogP contribution in [0.1, 0.15) is 11.1 Å². The van der Waals surface area contributed by atoms with Crippen molar-refractivity contribution in [3.63, 3.8) is 0 Å². The smallest absolute Gasteiger partial charge is 0.231 e. The van der Waals surface area contributed by atoms with Crippen molar-refractivity contribution in [2.75, 3.05) is 27.5 Å². The molecule has 1 aromatic carbocycles. The van der Waals surface area contributed by atoms with Gasteiger partial charge in [-0.15, -0.1) is 0 Å². The maximum atomic E-state index is 5.44. The number of nitrogens with zero attached hydrogens (tertiary/aromatic N) is 1. The van der Waals surface area contributed by atoms with Crippen molar-refractivity contribution in [3.8, 4) is 17.2 Å². The van der Waals surface area contributed by atoms with Crippen LogP contribution in [0, 0.1) is 0 Å². The van der Waals surface area contributed by atoms with Crippen LogP contribution in [0.4, 0.5) is 0 Å². The van der Waals surface area contributed by atoms with Gasteiger partial charge >= 0.3 is 0 Å². The topological polar surface area (TPSA) is 30.7 Å². The van der Waals surface area contributed by atoms with Crippen molar-refractivity contribution in [2.45, 2.75) is 6.42 Å². The summed E-state index contributed by atoms with van der Waals surface area (Å²) >= 11 is 0. The molecule has 0 saturated carbocycles. The predicted octanol–water partition coefficient (Wildman–Crippen LogP) is -1.95. The van der Waals surface area contributed by atoms with E-state index in [-0.39, 0.29) is 23.8 Å². The van der Waals surface area contributed by atoms with Crippen molar-refractivity contribution < 1.29 is 35.8 Å². The predicted molar refractivity (Wildman–Crippen MR) is 59.0 cm³/mol. The quantitative estimate of drug-likeness (QED) is 0.565. The molecule has 0 spiro atoms. The van der Waals surface area contributed by atoms with Crippen molar-refractivity contribution >= 4 is 6.21 Å². The minimum atomic E-state index is 0. The summed E-state index contributed by atoms with van der Waals surface area (Å²) in [7, 11) is 3.73. The Hall–Kier alpha value is -1.23. The van der Waals surface area contributed by atoms with E-state index in [2.05, 4.69) is 23.9 Å². The van der Waals surface area contributed by atoms with Crippen LogP contribution in [-0.2, 0) is 6.42 Å². The number of rotatable bonds is 1. The monoisotopic (exact) mass is 299 g/mol. The molecule has 0 amide bonds. The van der Waals surface area contributed by atoms with Crippen LogP contribution in [0.5, 0.6) is 17.2 Å². The molecule has 17 heavy (non-hydrogen) atoms. The van der Waals surface area contributed by atoms with Gasteiger partial charge in [-0.1, -0.05) is 0 Å². The van der Waals surface area contributed by atoms with Gasteiger partial charge in [-0.3, -0.25) is 0 Å². The van der Waals surface area contributed by atoms with E-state index >= 15 is 0 Å². The summed E-state index contributed by atoms with van der Waals surface area (Å²) in [5.41, 5.74) is 2.37. The first kappa shape index (κ1) is 12.2. The van der Waals surface area contributed by atoms with E-state index in [1.54, 1.807) is 7.11 Å². The maximum Gasteiger partial charge on any atom is 0.231 e. The first-order valence-corrected chi connectivity index (χ1v) is 5.34. The fourth-order valence-electron chi connectivity index (χ4n) is 2.21. The zero-order chi connectivity index (χ0) is 11.1. The van der Waals surface area contributed by atoms with Gasteiger partial charge < -0.3 is 31.2 Å². The average Bonchev–Trinajstić information content (AvgIpc) is 2.73. The van der Waals surface area contributed by atoms with Gasteiger partial charge in [0.05, 0.1) is 12.7 Å². The van der Waals surface area contributed by atoms with Gasteiger partial charge in [-0.05, 0) is 11.6 Å². The molecule has 2 aliphatic rings. The highest BCUT2D eigenvalue weighted by Crippen LogP contribution is 2.44. The molecule has 0 radical (unpaired) electrons. The summed E-state index contributed by atoms with van der Waals surface area (Å²) in [5.74, 6) is 2.32. The number of benzene rings is 1. The molecule has 0 unspecified atom stereocenters. The largest absolute Gasteiger partial charge is 1.00 e. The molecule has 4 nitrogen and oxygen atoms in total. The Kier molecular flexibility index (Phi) is 3.28. The molecule has 1 aromatic rings. The second-order valence-electron chi connectivity index (χ2n) is 4.08. The van der Waals surface area contributed by atoms with E-state index < -0.39 is 0 Å². The summed E-state index contributed by atoms with van der Waals surface area (Å²) in [4.78, 5) is 0. The van der Waals surface area contributed by atoms with E-state index in [0.29, 0.717) is 0 Å². The summed E-state index contributed by atoms with van der Waals surface area (Å²) < 4.78 is 18.4. The molecule has 3 rings (SSSR count). The van der Waals surface area contributed by atoms with Crippen LogP contribution in [-0.4, -0.2) is 38.3 Å². The Morgan fingerprint density at radius 3 is 2.94 bits per heavy atom. The van der Waals surface area contributed by atoms with Crippen molar-refractivity contribution in [1.29, 1.82) is 0 Å². The number of hydrogen-bond donors (Lipinski definition) is 0. The zero-order valence-corrected chi connectivity index (χ0v) is 11.4. The third kappa shape index (κ3) is 1.88. The van der Waals surface area contributed by atoms with Crippen molar-refractivity contribution in [1.82, 2.24) is 0 Å². The number of ether oxygens (including phenoxy) is 3. The van der Waals surface area contributed by atoms with Crippen LogP contribution in [0.3, 0.4) is 0 Å². The molecular formula is C12H14BrNO3. The lowest BCUT2D eigenvalue weighted by Crippen LogP contribution is -3.00. The lowest BCUT2D eigenvalue weighted by atomic mass is 10.0. The third-order valence-corrected chi connectivity index (χ3v) is 3.03. The van der Waals surface area contributed by atoms with Crippen molar-refractivity contribution in [3.05, 3.63) is 17.2 Å². The molecular weight excluding hydrogens is 286 g/mol. The first-order chi connectivity index (χ1) is 7.79. The number of methoxy groups -OCH3 is 1.